The Morgan fingerprint density at radius 1 is 0.914 bits per heavy atom. The summed E-state index contributed by atoms with van der Waals surface area (Å²) in [4.78, 5) is 4.67. The lowest BCUT2D eigenvalue weighted by Gasteiger charge is -2.48. The molecule has 1 aromatic heterocycles. The molecule has 2 heterocycles. The number of methoxy groups -OCH3 is 2. The molecule has 3 aromatic carbocycles. The molecule has 1 aliphatic heterocycles. The number of nitrogens with one attached hydrogen (secondary N) is 1. The van der Waals surface area contributed by atoms with Crippen molar-refractivity contribution >= 4 is 22.4 Å². The number of ether oxygens (including phenoxy) is 2. The van der Waals surface area contributed by atoms with E-state index in [1.165, 1.54) is 26.0 Å². The molecule has 35 heavy (non-hydrogen) atoms. The Morgan fingerprint density at radius 3 is 2.23 bits per heavy atom. The predicted molar refractivity (Wildman–Crippen MR) is 135 cm³/mol. The van der Waals surface area contributed by atoms with Crippen molar-refractivity contribution < 1.29 is 18.3 Å². The number of nitrogens with zero attached hydrogens (tertiary/aromatic N) is 3. The highest BCUT2D eigenvalue weighted by Gasteiger charge is 2.36. The number of para-hydroxylation sites is 1. The van der Waals surface area contributed by atoms with E-state index in [4.69, 9.17) is 9.47 Å². The van der Waals surface area contributed by atoms with Crippen LogP contribution in [0.3, 0.4) is 0 Å². The number of halogens is 2. The second-order valence-electron chi connectivity index (χ2n) is 9.31. The number of aromatic nitrogens is 2. The Hall–Kier alpha value is -3.81. The van der Waals surface area contributed by atoms with Crippen molar-refractivity contribution in [1.29, 1.82) is 0 Å². The highest BCUT2D eigenvalue weighted by Crippen LogP contribution is 2.40. The van der Waals surface area contributed by atoms with Gasteiger partial charge in [-0.2, -0.15) is 5.10 Å². The molecule has 0 bridgehead atoms. The topological polar surface area (TPSA) is 53.6 Å². The van der Waals surface area contributed by atoms with Gasteiger partial charge in [-0.15, -0.1) is 0 Å². The Bertz CT molecular complexity index is 1340. The Morgan fingerprint density at radius 2 is 1.60 bits per heavy atom. The number of fused-ring (bicyclic) bond motifs is 1. The van der Waals surface area contributed by atoms with Gasteiger partial charge in [-0.1, -0.05) is 24.3 Å². The van der Waals surface area contributed by atoms with Crippen molar-refractivity contribution in [3.8, 4) is 22.6 Å². The standard InChI is InChI=1S/C27H28F2N4O2/c1-27(2)16-32(18-8-6-5-7-9-18)12-13-33(27)26-19-11-10-17(14-20(19)30-31-26)23-24(28)21(34-3)15-22(35-4)25(23)29/h5-11,14-15H,12-13,16H2,1-4H3,(H,30,31). The molecule has 0 atom stereocenters. The van der Waals surface area contributed by atoms with Gasteiger partial charge >= 0.3 is 0 Å². The normalized spacial score (nSPS) is 15.5. The monoisotopic (exact) mass is 478 g/mol. The van der Waals surface area contributed by atoms with Gasteiger partial charge in [0.25, 0.3) is 0 Å². The largest absolute Gasteiger partial charge is 0.494 e. The first kappa shape index (κ1) is 23.0. The predicted octanol–water partition coefficient (Wildman–Crippen LogP) is 5.63. The third kappa shape index (κ3) is 3.92. The average molecular weight is 479 g/mol. The van der Waals surface area contributed by atoms with Crippen LogP contribution in [0.4, 0.5) is 20.3 Å². The molecule has 0 radical (unpaired) electrons. The second kappa shape index (κ2) is 8.76. The van der Waals surface area contributed by atoms with E-state index >= 15 is 8.78 Å². The Balaban J connectivity index is 1.50. The summed E-state index contributed by atoms with van der Waals surface area (Å²) in [6, 6.07) is 16.9. The molecule has 0 spiro atoms. The Labute approximate surface area is 203 Å². The van der Waals surface area contributed by atoms with Crippen LogP contribution in [0.15, 0.2) is 54.6 Å². The van der Waals surface area contributed by atoms with E-state index in [0.29, 0.717) is 11.1 Å². The highest BCUT2D eigenvalue weighted by atomic mass is 19.1. The zero-order chi connectivity index (χ0) is 24.7. The summed E-state index contributed by atoms with van der Waals surface area (Å²) in [7, 11) is 2.67. The molecule has 5 rings (SSSR count). The average Bonchev–Trinajstić information content (AvgIpc) is 3.27. The van der Waals surface area contributed by atoms with Gasteiger partial charge in [0.05, 0.1) is 30.8 Å². The van der Waals surface area contributed by atoms with Crippen LogP contribution in [0.5, 0.6) is 11.5 Å². The minimum absolute atomic E-state index is 0.0818. The summed E-state index contributed by atoms with van der Waals surface area (Å²) in [6.07, 6.45) is 0. The molecule has 1 saturated heterocycles. The van der Waals surface area contributed by atoms with Crippen LogP contribution < -0.4 is 19.3 Å². The van der Waals surface area contributed by atoms with Gasteiger partial charge in [0.1, 0.15) is 0 Å². The minimum Gasteiger partial charge on any atom is -0.494 e. The van der Waals surface area contributed by atoms with Crippen molar-refractivity contribution in [2.45, 2.75) is 19.4 Å². The van der Waals surface area contributed by atoms with E-state index in [9.17, 15) is 0 Å². The molecule has 8 heteroatoms. The van der Waals surface area contributed by atoms with Gasteiger partial charge in [-0.25, -0.2) is 8.78 Å². The zero-order valence-electron chi connectivity index (χ0n) is 20.2. The molecule has 1 aliphatic rings. The van der Waals surface area contributed by atoms with Crippen LogP contribution in [0.2, 0.25) is 0 Å². The first-order valence-electron chi connectivity index (χ1n) is 11.5. The van der Waals surface area contributed by atoms with Crippen molar-refractivity contribution in [2.75, 3.05) is 43.7 Å². The molecule has 0 amide bonds. The van der Waals surface area contributed by atoms with Crippen LogP contribution in [0, 0.1) is 11.6 Å². The van der Waals surface area contributed by atoms with E-state index in [1.54, 1.807) is 12.1 Å². The molecule has 1 fully saturated rings. The number of piperazine rings is 1. The number of H-pyrrole nitrogens is 1. The third-order valence-corrected chi connectivity index (χ3v) is 6.68. The number of aromatic amines is 1. The lowest BCUT2D eigenvalue weighted by molar-refractivity contribution is 0.360. The first-order valence-corrected chi connectivity index (χ1v) is 11.5. The summed E-state index contributed by atoms with van der Waals surface area (Å²) in [6.45, 7) is 6.89. The first-order chi connectivity index (χ1) is 16.8. The molecule has 0 saturated carbocycles. The maximum Gasteiger partial charge on any atom is 0.176 e. The van der Waals surface area contributed by atoms with Crippen molar-refractivity contribution in [3.05, 3.63) is 66.2 Å². The van der Waals surface area contributed by atoms with E-state index in [1.807, 2.05) is 12.1 Å². The molecule has 1 N–H and O–H groups in total. The lowest BCUT2D eigenvalue weighted by atomic mass is 9.97. The number of benzene rings is 3. The summed E-state index contributed by atoms with van der Waals surface area (Å²) in [5.74, 6) is -0.886. The smallest absolute Gasteiger partial charge is 0.176 e. The van der Waals surface area contributed by atoms with Gasteiger partial charge in [0, 0.05) is 36.8 Å². The fourth-order valence-electron chi connectivity index (χ4n) is 4.91. The van der Waals surface area contributed by atoms with E-state index in [-0.39, 0.29) is 22.6 Å². The molecular weight excluding hydrogens is 450 g/mol. The van der Waals surface area contributed by atoms with Crippen molar-refractivity contribution in [3.63, 3.8) is 0 Å². The van der Waals surface area contributed by atoms with E-state index in [0.717, 1.165) is 30.8 Å². The Kier molecular flexibility index (Phi) is 5.75. The molecule has 0 unspecified atom stereocenters. The molecule has 0 aliphatic carbocycles. The van der Waals surface area contributed by atoms with Crippen LogP contribution in [0.1, 0.15) is 13.8 Å². The number of hydrogen-bond acceptors (Lipinski definition) is 5. The quantitative estimate of drug-likeness (QED) is 0.403. The second-order valence-corrected chi connectivity index (χ2v) is 9.31. The SMILES string of the molecule is COc1cc(OC)c(F)c(-c2ccc3c(N4CCN(c5ccccc5)CC4(C)C)n[nH]c3c2)c1F. The molecular formula is C27H28F2N4O2. The fraction of sp³-hybridized carbons (Fsp3) is 0.296. The zero-order valence-corrected chi connectivity index (χ0v) is 20.2. The van der Waals surface area contributed by atoms with Crippen LogP contribution in [0.25, 0.3) is 22.0 Å². The van der Waals surface area contributed by atoms with Gasteiger partial charge in [0.2, 0.25) is 0 Å². The van der Waals surface area contributed by atoms with E-state index in [2.05, 4.69) is 58.1 Å². The third-order valence-electron chi connectivity index (χ3n) is 6.68. The maximum atomic E-state index is 15.1. The number of rotatable bonds is 5. The van der Waals surface area contributed by atoms with Crippen molar-refractivity contribution in [1.82, 2.24) is 10.2 Å². The van der Waals surface area contributed by atoms with Gasteiger partial charge in [0.15, 0.2) is 29.0 Å². The van der Waals surface area contributed by atoms with Gasteiger partial charge in [-0.3, -0.25) is 5.10 Å². The van der Waals surface area contributed by atoms with Crippen LogP contribution in [-0.4, -0.2) is 49.6 Å². The fourth-order valence-corrected chi connectivity index (χ4v) is 4.91. The van der Waals surface area contributed by atoms with E-state index < -0.39 is 11.6 Å². The minimum atomic E-state index is -0.775. The maximum absolute atomic E-state index is 15.1. The summed E-state index contributed by atoms with van der Waals surface area (Å²) in [5.41, 5.74) is 1.88. The van der Waals surface area contributed by atoms with Crippen LogP contribution in [-0.2, 0) is 0 Å². The summed E-state index contributed by atoms with van der Waals surface area (Å²) >= 11 is 0. The number of anilines is 2. The molecule has 182 valence electrons. The molecule has 6 nitrogen and oxygen atoms in total. The molecule has 4 aromatic rings. The van der Waals surface area contributed by atoms with Crippen LogP contribution >= 0.6 is 0 Å². The summed E-state index contributed by atoms with van der Waals surface area (Å²) in [5, 5.41) is 8.56. The highest BCUT2D eigenvalue weighted by molar-refractivity contribution is 5.93. The van der Waals surface area contributed by atoms with Crippen molar-refractivity contribution in [2.24, 2.45) is 0 Å². The number of hydrogen-bond donors (Lipinski definition) is 1. The lowest BCUT2D eigenvalue weighted by Crippen LogP contribution is -2.60. The van der Waals surface area contributed by atoms with Gasteiger partial charge < -0.3 is 19.3 Å². The summed E-state index contributed by atoms with van der Waals surface area (Å²) < 4.78 is 40.3. The van der Waals surface area contributed by atoms with Gasteiger partial charge in [-0.05, 0) is 43.7 Å².